The van der Waals surface area contributed by atoms with Gasteiger partial charge in [0, 0.05) is 0 Å². The molecule has 0 atom stereocenters. The molecular weight excluding hydrogens is 248 g/mol. The standard InChI is InChI=1S/C15H31F2NO/c1-13(2,3)8-7-9-18-10-15(16,17)12-19-11-14(4,5)6/h18H,7-12H2,1-6H3. The summed E-state index contributed by atoms with van der Waals surface area (Å²) in [5.41, 5.74) is 0.191. The van der Waals surface area contributed by atoms with Crippen molar-refractivity contribution < 1.29 is 13.5 Å². The van der Waals surface area contributed by atoms with E-state index in [1.807, 2.05) is 20.8 Å². The Balaban J connectivity index is 3.68. The minimum atomic E-state index is -2.78. The Kier molecular flexibility index (Phi) is 7.45. The van der Waals surface area contributed by atoms with Crippen LogP contribution in [0.5, 0.6) is 0 Å². The van der Waals surface area contributed by atoms with Crippen molar-refractivity contribution >= 4 is 0 Å². The molecule has 0 aliphatic heterocycles. The summed E-state index contributed by atoms with van der Waals surface area (Å²) in [5.74, 6) is -2.78. The maximum Gasteiger partial charge on any atom is 0.283 e. The Morgan fingerprint density at radius 3 is 1.95 bits per heavy atom. The van der Waals surface area contributed by atoms with Gasteiger partial charge in [-0.25, -0.2) is 8.78 Å². The minimum Gasteiger partial charge on any atom is -0.375 e. The molecule has 0 amide bonds. The molecule has 0 fully saturated rings. The quantitative estimate of drug-likeness (QED) is 0.675. The highest BCUT2D eigenvalue weighted by Gasteiger charge is 2.29. The molecule has 0 rings (SSSR count). The number of ether oxygens (including phenoxy) is 1. The molecule has 116 valence electrons. The zero-order valence-electron chi connectivity index (χ0n) is 13.4. The van der Waals surface area contributed by atoms with Crippen LogP contribution in [-0.4, -0.2) is 32.2 Å². The van der Waals surface area contributed by atoms with Crippen molar-refractivity contribution in [2.75, 3.05) is 26.3 Å². The smallest absolute Gasteiger partial charge is 0.283 e. The second kappa shape index (κ2) is 7.53. The molecule has 0 unspecified atom stereocenters. The maximum atomic E-state index is 13.5. The van der Waals surface area contributed by atoms with Crippen LogP contribution in [0.3, 0.4) is 0 Å². The highest BCUT2D eigenvalue weighted by atomic mass is 19.3. The van der Waals surface area contributed by atoms with Gasteiger partial charge < -0.3 is 10.1 Å². The Morgan fingerprint density at radius 2 is 1.47 bits per heavy atom. The van der Waals surface area contributed by atoms with E-state index in [1.165, 1.54) is 0 Å². The van der Waals surface area contributed by atoms with Gasteiger partial charge in [-0.05, 0) is 30.2 Å². The molecule has 0 saturated heterocycles. The Bertz CT molecular complexity index is 242. The summed E-state index contributed by atoms with van der Waals surface area (Å²) < 4.78 is 32.0. The fourth-order valence-electron chi connectivity index (χ4n) is 1.57. The van der Waals surface area contributed by atoms with Crippen LogP contribution in [0.2, 0.25) is 0 Å². The normalized spacial score (nSPS) is 13.9. The van der Waals surface area contributed by atoms with Crippen LogP contribution in [0.1, 0.15) is 54.4 Å². The lowest BCUT2D eigenvalue weighted by Crippen LogP contribution is -2.38. The number of nitrogens with one attached hydrogen (secondary N) is 1. The van der Waals surface area contributed by atoms with Gasteiger partial charge in [0.05, 0.1) is 13.2 Å². The summed E-state index contributed by atoms with van der Waals surface area (Å²) in [5, 5.41) is 2.82. The van der Waals surface area contributed by atoms with Crippen LogP contribution in [0.4, 0.5) is 8.78 Å². The van der Waals surface area contributed by atoms with Gasteiger partial charge in [0.25, 0.3) is 5.92 Å². The summed E-state index contributed by atoms with van der Waals surface area (Å²) in [6.07, 6.45) is 1.95. The fraction of sp³-hybridized carbons (Fsp3) is 1.00. The molecule has 0 aromatic heterocycles. The van der Waals surface area contributed by atoms with Gasteiger partial charge in [-0.2, -0.15) is 0 Å². The number of alkyl halides is 2. The molecule has 0 bridgehead atoms. The second-order valence-electron chi connectivity index (χ2n) is 7.75. The van der Waals surface area contributed by atoms with Gasteiger partial charge in [-0.1, -0.05) is 41.5 Å². The molecule has 0 aromatic carbocycles. The first-order valence-electron chi connectivity index (χ1n) is 7.08. The monoisotopic (exact) mass is 279 g/mol. The third kappa shape index (κ3) is 14.0. The largest absolute Gasteiger partial charge is 0.375 e. The first-order chi connectivity index (χ1) is 8.41. The number of hydrogen-bond acceptors (Lipinski definition) is 2. The Labute approximate surface area is 117 Å². The van der Waals surface area contributed by atoms with Crippen LogP contribution in [0, 0.1) is 10.8 Å². The highest BCUT2D eigenvalue weighted by molar-refractivity contribution is 4.71. The lowest BCUT2D eigenvalue weighted by Gasteiger charge is -2.22. The van der Waals surface area contributed by atoms with Gasteiger partial charge in [0.2, 0.25) is 0 Å². The summed E-state index contributed by atoms with van der Waals surface area (Å²) >= 11 is 0. The van der Waals surface area contributed by atoms with Crippen LogP contribution < -0.4 is 5.32 Å². The minimum absolute atomic E-state index is 0.0732. The van der Waals surface area contributed by atoms with Crippen LogP contribution in [0.15, 0.2) is 0 Å². The Morgan fingerprint density at radius 1 is 0.895 bits per heavy atom. The van der Waals surface area contributed by atoms with E-state index in [0.29, 0.717) is 13.2 Å². The molecule has 0 radical (unpaired) electrons. The zero-order valence-corrected chi connectivity index (χ0v) is 13.4. The lowest BCUT2D eigenvalue weighted by atomic mass is 9.91. The molecule has 0 saturated carbocycles. The number of halogens is 2. The molecule has 0 spiro atoms. The van der Waals surface area contributed by atoms with E-state index in [4.69, 9.17) is 4.74 Å². The van der Waals surface area contributed by atoms with Crippen LogP contribution in [-0.2, 0) is 4.74 Å². The fourth-order valence-corrected chi connectivity index (χ4v) is 1.57. The van der Waals surface area contributed by atoms with E-state index in [-0.39, 0.29) is 17.4 Å². The molecule has 0 aliphatic carbocycles. The van der Waals surface area contributed by atoms with Gasteiger partial charge in [0.1, 0.15) is 6.61 Å². The average molecular weight is 279 g/mol. The van der Waals surface area contributed by atoms with Crippen molar-refractivity contribution in [1.29, 1.82) is 0 Å². The van der Waals surface area contributed by atoms with Gasteiger partial charge >= 0.3 is 0 Å². The summed E-state index contributed by atoms with van der Waals surface area (Å²) in [6.45, 7) is 12.5. The summed E-state index contributed by atoms with van der Waals surface area (Å²) in [7, 11) is 0. The van der Waals surface area contributed by atoms with Crippen molar-refractivity contribution in [3.63, 3.8) is 0 Å². The van der Waals surface area contributed by atoms with E-state index in [2.05, 4.69) is 26.1 Å². The van der Waals surface area contributed by atoms with E-state index in [1.54, 1.807) is 0 Å². The summed E-state index contributed by atoms with van der Waals surface area (Å²) in [6, 6.07) is 0. The summed E-state index contributed by atoms with van der Waals surface area (Å²) in [4.78, 5) is 0. The van der Waals surface area contributed by atoms with E-state index < -0.39 is 12.5 Å². The maximum absolute atomic E-state index is 13.5. The predicted molar refractivity (Wildman–Crippen MR) is 76.8 cm³/mol. The van der Waals surface area contributed by atoms with Crippen molar-refractivity contribution in [1.82, 2.24) is 5.32 Å². The highest BCUT2D eigenvalue weighted by Crippen LogP contribution is 2.20. The molecule has 4 heteroatoms. The van der Waals surface area contributed by atoms with E-state index in [9.17, 15) is 8.78 Å². The topological polar surface area (TPSA) is 21.3 Å². The van der Waals surface area contributed by atoms with Crippen molar-refractivity contribution in [3.05, 3.63) is 0 Å². The van der Waals surface area contributed by atoms with E-state index in [0.717, 1.165) is 12.8 Å². The lowest BCUT2D eigenvalue weighted by molar-refractivity contribution is -0.0864. The first-order valence-corrected chi connectivity index (χ1v) is 7.08. The number of hydrogen-bond donors (Lipinski definition) is 1. The first kappa shape index (κ1) is 18.8. The third-order valence-corrected chi connectivity index (χ3v) is 2.51. The average Bonchev–Trinajstić information content (AvgIpc) is 2.12. The third-order valence-electron chi connectivity index (χ3n) is 2.51. The second-order valence-corrected chi connectivity index (χ2v) is 7.75. The van der Waals surface area contributed by atoms with Crippen molar-refractivity contribution in [3.8, 4) is 0 Å². The van der Waals surface area contributed by atoms with Gasteiger partial charge in [0.15, 0.2) is 0 Å². The zero-order chi connectivity index (χ0) is 15.2. The Hall–Kier alpha value is -0.220. The van der Waals surface area contributed by atoms with Crippen LogP contribution >= 0.6 is 0 Å². The molecule has 0 aromatic rings. The molecule has 1 N–H and O–H groups in total. The number of rotatable bonds is 8. The SMILES string of the molecule is CC(C)(C)CCCNCC(F)(F)COCC(C)(C)C. The van der Waals surface area contributed by atoms with E-state index >= 15 is 0 Å². The molecule has 0 heterocycles. The van der Waals surface area contributed by atoms with Crippen molar-refractivity contribution in [2.45, 2.75) is 60.3 Å². The molecular formula is C15H31F2NO. The van der Waals surface area contributed by atoms with Crippen LogP contribution in [0.25, 0.3) is 0 Å². The van der Waals surface area contributed by atoms with Gasteiger partial charge in [-0.3, -0.25) is 0 Å². The van der Waals surface area contributed by atoms with Crippen molar-refractivity contribution in [2.24, 2.45) is 10.8 Å². The molecule has 19 heavy (non-hydrogen) atoms. The van der Waals surface area contributed by atoms with Gasteiger partial charge in [-0.15, -0.1) is 0 Å². The predicted octanol–water partition coefficient (Wildman–Crippen LogP) is 4.10. The molecule has 2 nitrogen and oxygen atoms in total. The molecule has 0 aliphatic rings.